The van der Waals surface area contributed by atoms with Gasteiger partial charge in [0.15, 0.2) is 4.77 Å². The lowest BCUT2D eigenvalue weighted by molar-refractivity contribution is 0.487. The van der Waals surface area contributed by atoms with Crippen molar-refractivity contribution in [2.75, 3.05) is 0 Å². The maximum atomic E-state index is 13.9. The molecule has 18 heavy (non-hydrogen) atoms. The molecule has 2 aliphatic rings. The highest BCUT2D eigenvalue weighted by molar-refractivity contribution is 7.71. The van der Waals surface area contributed by atoms with E-state index in [1.807, 2.05) is 10.8 Å². The molecule has 1 aliphatic carbocycles. The van der Waals surface area contributed by atoms with Crippen LogP contribution in [-0.2, 0) is 12.0 Å². The summed E-state index contributed by atoms with van der Waals surface area (Å²) in [5, 5.41) is 0. The van der Waals surface area contributed by atoms with Crippen LogP contribution in [0.4, 0.5) is 8.78 Å². The van der Waals surface area contributed by atoms with E-state index in [1.54, 1.807) is 0 Å². The van der Waals surface area contributed by atoms with Crippen LogP contribution >= 0.6 is 12.2 Å². The highest BCUT2D eigenvalue weighted by Gasteiger charge is 2.63. The molecule has 5 heteroatoms. The third-order valence-electron chi connectivity index (χ3n) is 4.23. The molecule has 0 bridgehead atoms. The topological polar surface area (TPSA) is 20.7 Å². The summed E-state index contributed by atoms with van der Waals surface area (Å²) in [5.41, 5.74) is 0.892. The Morgan fingerprint density at radius 1 is 1.33 bits per heavy atom. The van der Waals surface area contributed by atoms with Gasteiger partial charge in [-0.05, 0) is 30.8 Å². The maximum Gasteiger partial charge on any atom is 0.177 e. The summed E-state index contributed by atoms with van der Waals surface area (Å²) >= 11 is 5.17. The summed E-state index contributed by atoms with van der Waals surface area (Å²) in [6, 6.07) is 4.07. The van der Waals surface area contributed by atoms with Crippen molar-refractivity contribution in [2.45, 2.75) is 24.3 Å². The van der Waals surface area contributed by atoms with Gasteiger partial charge in [0, 0.05) is 35.3 Å². The molecular formula is C13H10F2N2S. The van der Waals surface area contributed by atoms with Crippen LogP contribution < -0.4 is 0 Å². The van der Waals surface area contributed by atoms with Gasteiger partial charge in [0.25, 0.3) is 0 Å². The van der Waals surface area contributed by atoms with Crippen LogP contribution in [-0.4, -0.2) is 9.55 Å². The Morgan fingerprint density at radius 3 is 2.72 bits per heavy atom. The molecule has 2 nitrogen and oxygen atoms in total. The zero-order chi connectivity index (χ0) is 12.5. The van der Waals surface area contributed by atoms with Crippen LogP contribution in [0.5, 0.6) is 0 Å². The van der Waals surface area contributed by atoms with Gasteiger partial charge in [0.05, 0.1) is 0 Å². The number of aromatic nitrogens is 2. The van der Waals surface area contributed by atoms with E-state index < -0.39 is 17.0 Å². The Morgan fingerprint density at radius 2 is 2.06 bits per heavy atom. The average molecular weight is 264 g/mol. The van der Waals surface area contributed by atoms with Crippen molar-refractivity contribution in [3.8, 4) is 0 Å². The molecule has 2 atom stereocenters. The first-order valence-corrected chi connectivity index (χ1v) is 6.27. The molecule has 0 radical (unpaired) electrons. The number of aromatic amines is 1. The minimum Gasteiger partial charge on any atom is -0.337 e. The number of halogens is 2. The SMILES string of the molecule is Fc1cccc(F)c1[C@]12CC1c1c[nH]c(=S)n1C2. The normalized spacial score (nSPS) is 28.0. The van der Waals surface area contributed by atoms with Crippen molar-refractivity contribution < 1.29 is 8.78 Å². The van der Waals surface area contributed by atoms with Crippen molar-refractivity contribution in [3.05, 3.63) is 52.1 Å². The number of fused-ring (bicyclic) bond motifs is 3. The third-order valence-corrected chi connectivity index (χ3v) is 4.57. The second kappa shape index (κ2) is 3.09. The van der Waals surface area contributed by atoms with Gasteiger partial charge in [-0.15, -0.1) is 0 Å². The highest BCUT2D eigenvalue weighted by atomic mass is 32.1. The molecule has 1 aliphatic heterocycles. The van der Waals surface area contributed by atoms with E-state index in [9.17, 15) is 8.78 Å². The van der Waals surface area contributed by atoms with Gasteiger partial charge in [-0.1, -0.05) is 6.07 Å². The van der Waals surface area contributed by atoms with E-state index in [4.69, 9.17) is 12.2 Å². The molecule has 2 aromatic rings. The summed E-state index contributed by atoms with van der Waals surface area (Å²) in [4.78, 5) is 2.98. The molecule has 1 fully saturated rings. The average Bonchev–Trinajstić information content (AvgIpc) is 2.77. The molecule has 92 valence electrons. The number of nitrogens with zero attached hydrogens (tertiary/aromatic N) is 1. The zero-order valence-electron chi connectivity index (χ0n) is 9.41. The van der Waals surface area contributed by atoms with E-state index in [1.165, 1.54) is 18.2 Å². The van der Waals surface area contributed by atoms with Crippen LogP contribution in [0.15, 0.2) is 24.4 Å². The smallest absolute Gasteiger partial charge is 0.177 e. The van der Waals surface area contributed by atoms with Gasteiger partial charge in [-0.3, -0.25) is 0 Å². The third kappa shape index (κ3) is 1.08. The number of rotatable bonds is 1. The lowest BCUT2D eigenvalue weighted by Crippen LogP contribution is -2.16. The Balaban J connectivity index is 1.89. The van der Waals surface area contributed by atoms with Gasteiger partial charge >= 0.3 is 0 Å². The summed E-state index contributed by atoms with van der Waals surface area (Å²) < 4.78 is 30.4. The molecule has 1 unspecified atom stereocenters. The van der Waals surface area contributed by atoms with Gasteiger partial charge in [0.1, 0.15) is 11.6 Å². The second-order valence-electron chi connectivity index (χ2n) is 5.11. The monoisotopic (exact) mass is 264 g/mol. The molecule has 1 aromatic carbocycles. The van der Waals surface area contributed by atoms with E-state index in [0.717, 1.165) is 12.1 Å². The van der Waals surface area contributed by atoms with Gasteiger partial charge in [-0.2, -0.15) is 0 Å². The standard InChI is InChI=1S/C13H10F2N2S/c14-8-2-1-3-9(15)11(8)13-4-7(13)10-5-16-12(18)17(10)6-13/h1-3,5,7H,4,6H2,(H,16,18)/t7?,13-/m0/s1. The summed E-state index contributed by atoms with van der Waals surface area (Å²) in [7, 11) is 0. The second-order valence-corrected chi connectivity index (χ2v) is 5.50. The quantitative estimate of drug-likeness (QED) is 0.784. The number of nitrogens with one attached hydrogen (secondary N) is 1. The van der Waals surface area contributed by atoms with Crippen molar-refractivity contribution in [3.63, 3.8) is 0 Å². The largest absolute Gasteiger partial charge is 0.337 e. The van der Waals surface area contributed by atoms with Gasteiger partial charge in [0.2, 0.25) is 0 Å². The Kier molecular flexibility index (Phi) is 1.79. The summed E-state index contributed by atoms with van der Waals surface area (Å²) in [6.45, 7) is 0.577. The number of hydrogen-bond acceptors (Lipinski definition) is 1. The first-order chi connectivity index (χ1) is 8.63. The Hall–Kier alpha value is -1.49. The number of benzene rings is 1. The molecule has 0 amide bonds. The molecular weight excluding hydrogens is 254 g/mol. The predicted octanol–water partition coefficient (Wildman–Crippen LogP) is 3.26. The highest BCUT2D eigenvalue weighted by Crippen LogP contribution is 2.66. The first-order valence-electron chi connectivity index (χ1n) is 5.86. The molecule has 1 saturated carbocycles. The molecule has 0 spiro atoms. The van der Waals surface area contributed by atoms with Crippen LogP contribution in [0.25, 0.3) is 0 Å². The van der Waals surface area contributed by atoms with Gasteiger partial charge < -0.3 is 9.55 Å². The maximum absolute atomic E-state index is 13.9. The fourth-order valence-electron chi connectivity index (χ4n) is 3.34. The Bertz CT molecular complexity index is 698. The van der Waals surface area contributed by atoms with Crippen LogP contribution in [0.3, 0.4) is 0 Å². The summed E-state index contributed by atoms with van der Waals surface area (Å²) in [6.07, 6.45) is 2.66. The van der Waals surface area contributed by atoms with Crippen LogP contribution in [0, 0.1) is 16.4 Å². The Labute approximate surface area is 107 Å². The van der Waals surface area contributed by atoms with E-state index in [-0.39, 0.29) is 11.5 Å². The molecule has 0 saturated heterocycles. The summed E-state index contributed by atoms with van der Waals surface area (Å²) in [5.74, 6) is -0.701. The molecule has 2 heterocycles. The lowest BCUT2D eigenvalue weighted by atomic mass is 9.93. The predicted molar refractivity (Wildman–Crippen MR) is 65.0 cm³/mol. The fourth-order valence-corrected chi connectivity index (χ4v) is 3.57. The van der Waals surface area contributed by atoms with Crippen molar-refractivity contribution >= 4 is 12.2 Å². The minimum atomic E-state index is -0.446. The van der Waals surface area contributed by atoms with E-state index in [2.05, 4.69) is 4.98 Å². The zero-order valence-corrected chi connectivity index (χ0v) is 10.2. The molecule has 4 rings (SSSR count). The van der Waals surface area contributed by atoms with E-state index in [0.29, 0.717) is 11.3 Å². The minimum absolute atomic E-state index is 0.192. The number of hydrogen-bond donors (Lipinski definition) is 1. The van der Waals surface area contributed by atoms with Crippen molar-refractivity contribution in [1.29, 1.82) is 0 Å². The molecule has 1 N–H and O–H groups in total. The van der Waals surface area contributed by atoms with E-state index >= 15 is 0 Å². The first kappa shape index (κ1) is 10.4. The lowest BCUT2D eigenvalue weighted by Gasteiger charge is -2.15. The van der Waals surface area contributed by atoms with Gasteiger partial charge in [-0.25, -0.2) is 8.78 Å². The van der Waals surface area contributed by atoms with Crippen molar-refractivity contribution in [1.82, 2.24) is 9.55 Å². The van der Waals surface area contributed by atoms with Crippen molar-refractivity contribution in [2.24, 2.45) is 0 Å². The van der Waals surface area contributed by atoms with Crippen LogP contribution in [0.1, 0.15) is 23.6 Å². The fraction of sp³-hybridized carbons (Fsp3) is 0.308. The van der Waals surface area contributed by atoms with Crippen LogP contribution in [0.2, 0.25) is 0 Å². The number of imidazole rings is 1. The molecule has 1 aromatic heterocycles. The number of H-pyrrole nitrogens is 1.